The first-order valence-electron chi connectivity index (χ1n) is 11.0. The fourth-order valence-electron chi connectivity index (χ4n) is 3.54. The van der Waals surface area contributed by atoms with Gasteiger partial charge in [-0.2, -0.15) is 0 Å². The smallest absolute Gasteiger partial charge is 0.335 e. The number of carboxylic acid groups (broad SMARTS) is 1. The van der Waals surface area contributed by atoms with E-state index in [1.165, 1.54) is 59.5 Å². The molecule has 1 aliphatic heterocycles. The van der Waals surface area contributed by atoms with E-state index in [0.29, 0.717) is 12.1 Å². The standard InChI is InChI=1S/C26H21F2N3O4S/c27-18-9-5-16(6-10-18)13-14-31-24(33)22(36-26(31)30-21-4-2-1-3-20(21)28)15-23(32)29-19-11-7-17(8-12-19)25(34)35/h1-12,22H,13-15H2,(H,29,32)(H,34,35)/t22-/m1/s1. The predicted molar refractivity (Wildman–Crippen MR) is 133 cm³/mol. The van der Waals surface area contributed by atoms with Crippen LogP contribution in [0.15, 0.2) is 77.8 Å². The van der Waals surface area contributed by atoms with E-state index in [9.17, 15) is 23.2 Å². The van der Waals surface area contributed by atoms with Crippen molar-refractivity contribution in [2.24, 2.45) is 4.99 Å². The summed E-state index contributed by atoms with van der Waals surface area (Å²) in [5.74, 6) is -2.76. The van der Waals surface area contributed by atoms with Crippen molar-refractivity contribution in [2.75, 3.05) is 11.9 Å². The van der Waals surface area contributed by atoms with Crippen LogP contribution in [0, 0.1) is 11.6 Å². The number of anilines is 1. The highest BCUT2D eigenvalue weighted by atomic mass is 32.2. The Hall–Kier alpha value is -4.05. The van der Waals surface area contributed by atoms with E-state index < -0.39 is 22.9 Å². The molecule has 184 valence electrons. The van der Waals surface area contributed by atoms with Crippen molar-refractivity contribution in [1.82, 2.24) is 4.90 Å². The Labute approximate surface area is 209 Å². The van der Waals surface area contributed by atoms with Gasteiger partial charge in [0.05, 0.1) is 5.56 Å². The number of amides is 2. The van der Waals surface area contributed by atoms with Crippen LogP contribution in [0.3, 0.4) is 0 Å². The third kappa shape index (κ3) is 6.14. The maximum absolute atomic E-state index is 14.2. The van der Waals surface area contributed by atoms with Crippen LogP contribution >= 0.6 is 11.8 Å². The maximum Gasteiger partial charge on any atom is 0.335 e. The monoisotopic (exact) mass is 509 g/mol. The van der Waals surface area contributed by atoms with Crippen LogP contribution in [0.1, 0.15) is 22.3 Å². The summed E-state index contributed by atoms with van der Waals surface area (Å²) < 4.78 is 27.5. The second-order valence-corrected chi connectivity index (χ2v) is 9.12. The molecule has 1 saturated heterocycles. The topological polar surface area (TPSA) is 99.1 Å². The Morgan fingerprint density at radius 3 is 2.36 bits per heavy atom. The quantitative estimate of drug-likeness (QED) is 0.452. The average molecular weight is 510 g/mol. The molecule has 7 nitrogen and oxygen atoms in total. The maximum atomic E-state index is 14.2. The van der Waals surface area contributed by atoms with E-state index in [-0.39, 0.29) is 41.1 Å². The molecule has 10 heteroatoms. The molecule has 0 spiro atoms. The lowest BCUT2D eigenvalue weighted by atomic mass is 10.1. The number of rotatable bonds is 8. The van der Waals surface area contributed by atoms with E-state index in [2.05, 4.69) is 10.3 Å². The second kappa shape index (κ2) is 11.1. The van der Waals surface area contributed by atoms with E-state index in [4.69, 9.17) is 5.11 Å². The summed E-state index contributed by atoms with van der Waals surface area (Å²) >= 11 is 1.07. The number of para-hydroxylation sites is 1. The molecule has 3 aromatic rings. The zero-order valence-corrected chi connectivity index (χ0v) is 19.7. The number of thioether (sulfide) groups is 1. The van der Waals surface area contributed by atoms with Crippen molar-refractivity contribution in [3.63, 3.8) is 0 Å². The molecule has 1 aliphatic rings. The van der Waals surface area contributed by atoms with Gasteiger partial charge in [0.15, 0.2) is 5.17 Å². The van der Waals surface area contributed by atoms with Crippen LogP contribution in [0.4, 0.5) is 20.2 Å². The van der Waals surface area contributed by atoms with Crippen LogP contribution in [0.25, 0.3) is 0 Å². The molecule has 4 rings (SSSR count). The third-order valence-corrected chi connectivity index (χ3v) is 6.59. The molecule has 1 atom stereocenters. The summed E-state index contributed by atoms with van der Waals surface area (Å²) in [6, 6.07) is 17.5. The molecule has 1 heterocycles. The molecule has 36 heavy (non-hydrogen) atoms. The minimum absolute atomic E-state index is 0.0724. The summed E-state index contributed by atoms with van der Waals surface area (Å²) in [5, 5.41) is 11.1. The summed E-state index contributed by atoms with van der Waals surface area (Å²) in [5.41, 5.74) is 1.36. The Morgan fingerprint density at radius 2 is 1.69 bits per heavy atom. The molecular weight excluding hydrogens is 488 g/mol. The number of carboxylic acids is 1. The van der Waals surface area contributed by atoms with Crippen molar-refractivity contribution >= 4 is 46.1 Å². The SMILES string of the molecule is O=C(C[C@H]1SC(=Nc2ccccc2F)N(CCc2ccc(F)cc2)C1=O)Nc1ccc(C(=O)O)cc1. The molecule has 1 fully saturated rings. The lowest BCUT2D eigenvalue weighted by Gasteiger charge is -2.16. The number of carbonyl (C=O) groups is 3. The summed E-state index contributed by atoms with van der Waals surface area (Å²) in [4.78, 5) is 42.6. The summed E-state index contributed by atoms with van der Waals surface area (Å²) in [6.45, 7) is 0.222. The van der Waals surface area contributed by atoms with Crippen LogP contribution in [0.5, 0.6) is 0 Å². The summed E-state index contributed by atoms with van der Waals surface area (Å²) in [7, 11) is 0. The first kappa shape index (κ1) is 25.1. The number of halogens is 2. The highest BCUT2D eigenvalue weighted by Gasteiger charge is 2.39. The van der Waals surface area contributed by atoms with Gasteiger partial charge < -0.3 is 10.4 Å². The minimum atomic E-state index is -1.08. The van der Waals surface area contributed by atoms with Gasteiger partial charge >= 0.3 is 5.97 Å². The number of carbonyl (C=O) groups excluding carboxylic acids is 2. The van der Waals surface area contributed by atoms with Gasteiger partial charge in [-0.3, -0.25) is 14.5 Å². The Bertz CT molecular complexity index is 1310. The number of hydrogen-bond acceptors (Lipinski definition) is 5. The van der Waals surface area contributed by atoms with Gasteiger partial charge in [-0.15, -0.1) is 0 Å². The number of amidine groups is 1. The Kier molecular flexibility index (Phi) is 7.74. The number of hydrogen-bond donors (Lipinski definition) is 2. The average Bonchev–Trinajstić information content (AvgIpc) is 3.14. The van der Waals surface area contributed by atoms with Gasteiger partial charge in [0.2, 0.25) is 11.8 Å². The molecule has 2 N–H and O–H groups in total. The zero-order chi connectivity index (χ0) is 25.7. The van der Waals surface area contributed by atoms with Gasteiger partial charge in [0.1, 0.15) is 22.6 Å². The van der Waals surface area contributed by atoms with Crippen LogP contribution in [-0.4, -0.2) is 44.8 Å². The van der Waals surface area contributed by atoms with Gasteiger partial charge in [-0.1, -0.05) is 36.0 Å². The van der Waals surface area contributed by atoms with Gasteiger partial charge in [0.25, 0.3) is 0 Å². The predicted octanol–water partition coefficient (Wildman–Crippen LogP) is 4.87. The van der Waals surface area contributed by atoms with Crippen molar-refractivity contribution in [3.8, 4) is 0 Å². The fraction of sp³-hybridized carbons (Fsp3) is 0.154. The normalized spacial score (nSPS) is 16.4. The molecule has 0 unspecified atom stereocenters. The molecule has 0 saturated carbocycles. The number of nitrogens with one attached hydrogen (secondary N) is 1. The van der Waals surface area contributed by atoms with Crippen LogP contribution < -0.4 is 5.32 Å². The zero-order valence-electron chi connectivity index (χ0n) is 18.9. The first-order chi connectivity index (χ1) is 17.3. The van der Waals surface area contributed by atoms with Crippen molar-refractivity contribution in [2.45, 2.75) is 18.1 Å². The Balaban J connectivity index is 1.49. The van der Waals surface area contributed by atoms with Crippen LogP contribution in [-0.2, 0) is 16.0 Å². The molecular formula is C26H21F2N3O4S. The molecule has 0 radical (unpaired) electrons. The molecule has 3 aromatic carbocycles. The Morgan fingerprint density at radius 1 is 1.00 bits per heavy atom. The van der Waals surface area contributed by atoms with Crippen molar-refractivity contribution in [3.05, 3.63) is 95.6 Å². The van der Waals surface area contributed by atoms with E-state index in [0.717, 1.165) is 17.3 Å². The van der Waals surface area contributed by atoms with E-state index in [1.54, 1.807) is 18.2 Å². The highest BCUT2D eigenvalue weighted by Crippen LogP contribution is 2.32. The third-order valence-electron chi connectivity index (χ3n) is 5.41. The minimum Gasteiger partial charge on any atom is -0.478 e. The van der Waals surface area contributed by atoms with Crippen LogP contribution in [0.2, 0.25) is 0 Å². The number of aliphatic imine (C=N–C) groups is 1. The van der Waals surface area contributed by atoms with Gasteiger partial charge in [-0.25, -0.2) is 18.6 Å². The van der Waals surface area contributed by atoms with Crippen molar-refractivity contribution in [1.29, 1.82) is 0 Å². The lowest BCUT2D eigenvalue weighted by Crippen LogP contribution is -2.35. The van der Waals surface area contributed by atoms with E-state index in [1.807, 2.05) is 0 Å². The second-order valence-electron chi connectivity index (χ2n) is 7.95. The van der Waals surface area contributed by atoms with Crippen molar-refractivity contribution < 1.29 is 28.3 Å². The number of aromatic carboxylic acids is 1. The highest BCUT2D eigenvalue weighted by molar-refractivity contribution is 8.15. The van der Waals surface area contributed by atoms with E-state index >= 15 is 0 Å². The van der Waals surface area contributed by atoms with Gasteiger partial charge in [0, 0.05) is 18.7 Å². The number of benzene rings is 3. The molecule has 2 amide bonds. The molecule has 0 aromatic heterocycles. The molecule has 0 aliphatic carbocycles. The first-order valence-corrected chi connectivity index (χ1v) is 11.9. The lowest BCUT2D eigenvalue weighted by molar-refractivity contribution is -0.128. The largest absolute Gasteiger partial charge is 0.478 e. The fourth-order valence-corrected chi connectivity index (χ4v) is 4.72. The summed E-state index contributed by atoms with van der Waals surface area (Å²) in [6.07, 6.45) is 0.255. The number of nitrogens with zero attached hydrogens (tertiary/aromatic N) is 2. The van der Waals surface area contributed by atoms with Gasteiger partial charge in [-0.05, 0) is 60.5 Å². The molecule has 0 bridgehead atoms.